The Bertz CT molecular complexity index is 508. The molecule has 1 aromatic heterocycles. The summed E-state index contributed by atoms with van der Waals surface area (Å²) in [7, 11) is 0. The summed E-state index contributed by atoms with van der Waals surface area (Å²) in [6.45, 7) is 0. The highest BCUT2D eigenvalue weighted by Crippen LogP contribution is 2.32. The lowest BCUT2D eigenvalue weighted by atomic mass is 10.1. The molecule has 0 aliphatic carbocycles. The average Bonchev–Trinajstić information content (AvgIpc) is 2.54. The molecule has 1 heterocycles. The fourth-order valence-electron chi connectivity index (χ4n) is 1.23. The standard InChI is InChI=1S/C9H6N2S2/c10-4-6-5-1-2-13-8(5)3-7(12)9(6)11/h1-3,12H,11H2. The zero-order valence-corrected chi connectivity index (χ0v) is 8.32. The third-order valence-electron chi connectivity index (χ3n) is 1.89. The normalized spacial score (nSPS) is 10.2. The van der Waals surface area contributed by atoms with E-state index in [1.165, 1.54) is 0 Å². The Balaban J connectivity index is 2.98. The minimum atomic E-state index is 0.469. The number of thiophene rings is 1. The average molecular weight is 206 g/mol. The lowest BCUT2D eigenvalue weighted by Crippen LogP contribution is -1.92. The van der Waals surface area contributed by atoms with Gasteiger partial charge in [0.2, 0.25) is 0 Å². The van der Waals surface area contributed by atoms with E-state index in [9.17, 15) is 0 Å². The fraction of sp³-hybridized carbons (Fsp3) is 0. The highest BCUT2D eigenvalue weighted by molar-refractivity contribution is 7.80. The topological polar surface area (TPSA) is 49.8 Å². The third kappa shape index (κ3) is 1.17. The maximum absolute atomic E-state index is 8.90. The Labute approximate surface area is 85.0 Å². The molecular formula is C9H6N2S2. The zero-order chi connectivity index (χ0) is 9.42. The monoisotopic (exact) mass is 206 g/mol. The van der Waals surface area contributed by atoms with Gasteiger partial charge in [0.25, 0.3) is 0 Å². The van der Waals surface area contributed by atoms with Gasteiger partial charge in [-0.1, -0.05) is 0 Å². The number of benzene rings is 1. The molecule has 0 aliphatic rings. The van der Waals surface area contributed by atoms with E-state index in [1.54, 1.807) is 11.3 Å². The summed E-state index contributed by atoms with van der Waals surface area (Å²) in [5.74, 6) is 0. The summed E-state index contributed by atoms with van der Waals surface area (Å²) in [4.78, 5) is 0.673. The van der Waals surface area contributed by atoms with E-state index in [1.807, 2.05) is 17.5 Å². The van der Waals surface area contributed by atoms with Crippen molar-refractivity contribution in [2.75, 3.05) is 5.73 Å². The second-order valence-electron chi connectivity index (χ2n) is 2.63. The number of hydrogen-bond acceptors (Lipinski definition) is 4. The molecule has 0 saturated heterocycles. The van der Waals surface area contributed by atoms with E-state index in [2.05, 4.69) is 18.7 Å². The predicted molar refractivity (Wildman–Crippen MR) is 58.2 cm³/mol. The molecule has 0 aliphatic heterocycles. The van der Waals surface area contributed by atoms with Crippen molar-refractivity contribution in [3.05, 3.63) is 23.1 Å². The summed E-state index contributed by atoms with van der Waals surface area (Å²) in [5, 5.41) is 11.8. The van der Waals surface area contributed by atoms with Crippen molar-refractivity contribution in [2.45, 2.75) is 4.90 Å². The van der Waals surface area contributed by atoms with E-state index < -0.39 is 0 Å². The van der Waals surface area contributed by atoms with E-state index in [0.717, 1.165) is 10.1 Å². The van der Waals surface area contributed by atoms with Crippen LogP contribution in [0.5, 0.6) is 0 Å². The maximum atomic E-state index is 8.90. The van der Waals surface area contributed by atoms with Gasteiger partial charge in [-0.25, -0.2) is 0 Å². The molecule has 1 aromatic carbocycles. The first-order valence-electron chi connectivity index (χ1n) is 3.63. The van der Waals surface area contributed by atoms with Crippen molar-refractivity contribution in [1.82, 2.24) is 0 Å². The van der Waals surface area contributed by atoms with Crippen LogP contribution in [0, 0.1) is 11.3 Å². The number of anilines is 1. The fourth-order valence-corrected chi connectivity index (χ4v) is 2.40. The minimum Gasteiger partial charge on any atom is -0.397 e. The van der Waals surface area contributed by atoms with Gasteiger partial charge in [0.05, 0.1) is 11.3 Å². The van der Waals surface area contributed by atoms with Crippen LogP contribution >= 0.6 is 24.0 Å². The molecule has 0 fully saturated rings. The van der Waals surface area contributed by atoms with Crippen LogP contribution in [-0.4, -0.2) is 0 Å². The molecule has 0 atom stereocenters. The van der Waals surface area contributed by atoms with Gasteiger partial charge in [-0.15, -0.1) is 24.0 Å². The van der Waals surface area contributed by atoms with Gasteiger partial charge >= 0.3 is 0 Å². The zero-order valence-electron chi connectivity index (χ0n) is 6.61. The van der Waals surface area contributed by atoms with Gasteiger partial charge < -0.3 is 5.73 Å². The molecule has 0 radical (unpaired) electrons. The van der Waals surface area contributed by atoms with Gasteiger partial charge in [-0.3, -0.25) is 0 Å². The van der Waals surface area contributed by atoms with E-state index in [-0.39, 0.29) is 0 Å². The van der Waals surface area contributed by atoms with Crippen LogP contribution in [-0.2, 0) is 0 Å². The number of thiol groups is 1. The second kappa shape index (κ2) is 2.95. The van der Waals surface area contributed by atoms with Gasteiger partial charge in [0, 0.05) is 15.0 Å². The van der Waals surface area contributed by atoms with Crippen molar-refractivity contribution in [2.24, 2.45) is 0 Å². The van der Waals surface area contributed by atoms with Gasteiger partial charge in [0.1, 0.15) is 6.07 Å². The number of nitrogens with two attached hydrogens (primary N) is 1. The Kier molecular flexibility index (Phi) is 1.91. The molecule has 0 saturated carbocycles. The first-order valence-corrected chi connectivity index (χ1v) is 4.95. The smallest absolute Gasteiger partial charge is 0.102 e. The molecule has 2 rings (SSSR count). The van der Waals surface area contributed by atoms with Gasteiger partial charge in [-0.05, 0) is 17.5 Å². The lowest BCUT2D eigenvalue weighted by Gasteiger charge is -2.02. The van der Waals surface area contributed by atoms with Crippen molar-refractivity contribution < 1.29 is 0 Å². The summed E-state index contributed by atoms with van der Waals surface area (Å²) < 4.78 is 1.05. The third-order valence-corrected chi connectivity index (χ3v) is 3.12. The Morgan fingerprint density at radius 3 is 3.00 bits per heavy atom. The summed E-state index contributed by atoms with van der Waals surface area (Å²) in [5.41, 5.74) is 6.72. The number of fused-ring (bicyclic) bond motifs is 1. The number of nitriles is 1. The Hall–Kier alpha value is -1.18. The molecule has 2 N–H and O–H groups in total. The van der Waals surface area contributed by atoms with Crippen LogP contribution in [0.25, 0.3) is 10.1 Å². The molecule has 2 nitrogen and oxygen atoms in total. The van der Waals surface area contributed by atoms with Crippen LogP contribution in [0.3, 0.4) is 0 Å². The van der Waals surface area contributed by atoms with Crippen molar-refractivity contribution >= 4 is 39.7 Å². The molecule has 4 heteroatoms. The van der Waals surface area contributed by atoms with Crippen LogP contribution in [0.4, 0.5) is 5.69 Å². The van der Waals surface area contributed by atoms with Crippen LogP contribution in [0.2, 0.25) is 0 Å². The molecule has 0 bridgehead atoms. The molecule has 0 spiro atoms. The molecule has 2 aromatic rings. The highest BCUT2D eigenvalue weighted by atomic mass is 32.1. The summed E-state index contributed by atoms with van der Waals surface area (Å²) >= 11 is 5.79. The van der Waals surface area contributed by atoms with Gasteiger partial charge in [-0.2, -0.15) is 5.26 Å². The first kappa shape index (κ1) is 8.42. The second-order valence-corrected chi connectivity index (χ2v) is 4.06. The van der Waals surface area contributed by atoms with Crippen LogP contribution in [0.15, 0.2) is 22.4 Å². The molecular weight excluding hydrogens is 200 g/mol. The van der Waals surface area contributed by atoms with Crippen LogP contribution < -0.4 is 5.73 Å². The Morgan fingerprint density at radius 1 is 1.54 bits per heavy atom. The van der Waals surface area contributed by atoms with E-state index in [4.69, 9.17) is 11.0 Å². The number of rotatable bonds is 0. The molecule has 64 valence electrons. The SMILES string of the molecule is N#Cc1c(N)c(S)cc2sccc12. The summed E-state index contributed by atoms with van der Waals surface area (Å²) in [6, 6.07) is 5.89. The molecule has 13 heavy (non-hydrogen) atoms. The molecule has 0 amide bonds. The Morgan fingerprint density at radius 2 is 2.31 bits per heavy atom. The number of nitrogen functional groups attached to an aromatic ring is 1. The van der Waals surface area contributed by atoms with Gasteiger partial charge in [0.15, 0.2) is 0 Å². The largest absolute Gasteiger partial charge is 0.397 e. The van der Waals surface area contributed by atoms with E-state index in [0.29, 0.717) is 16.1 Å². The molecule has 0 unspecified atom stereocenters. The summed E-state index contributed by atoms with van der Waals surface area (Å²) in [6.07, 6.45) is 0. The number of hydrogen-bond donors (Lipinski definition) is 2. The van der Waals surface area contributed by atoms with Crippen molar-refractivity contribution in [1.29, 1.82) is 5.26 Å². The number of nitrogens with zero attached hydrogens (tertiary/aromatic N) is 1. The van der Waals surface area contributed by atoms with Crippen molar-refractivity contribution in [3.8, 4) is 6.07 Å². The quantitative estimate of drug-likeness (QED) is 0.514. The lowest BCUT2D eigenvalue weighted by molar-refractivity contribution is 1.46. The minimum absolute atomic E-state index is 0.469. The maximum Gasteiger partial charge on any atom is 0.102 e. The van der Waals surface area contributed by atoms with Crippen LogP contribution in [0.1, 0.15) is 5.56 Å². The predicted octanol–water partition coefficient (Wildman–Crippen LogP) is 2.64. The first-order chi connectivity index (χ1) is 6.24. The van der Waals surface area contributed by atoms with Crippen molar-refractivity contribution in [3.63, 3.8) is 0 Å². The van der Waals surface area contributed by atoms with E-state index >= 15 is 0 Å². The highest BCUT2D eigenvalue weighted by Gasteiger charge is 2.08.